The van der Waals surface area contributed by atoms with E-state index >= 15 is 0 Å². The average Bonchev–Trinajstić information content (AvgIpc) is 3.24. The summed E-state index contributed by atoms with van der Waals surface area (Å²) in [7, 11) is 1.34. The van der Waals surface area contributed by atoms with Crippen molar-refractivity contribution in [2.24, 2.45) is 0 Å². The Hall–Kier alpha value is -2.67. The minimum Gasteiger partial charge on any atom is -0.494 e. The highest BCUT2D eigenvalue weighted by Gasteiger charge is 2.25. The maximum atomic E-state index is 14.7. The van der Waals surface area contributed by atoms with Gasteiger partial charge in [0.05, 0.1) is 23.9 Å². The molecule has 0 radical (unpaired) electrons. The fraction of sp³-hybridized carbons (Fsp3) is 0.263. The van der Waals surface area contributed by atoms with Gasteiger partial charge < -0.3 is 9.84 Å². The molecule has 0 spiro atoms. The van der Waals surface area contributed by atoms with Gasteiger partial charge in [0.2, 0.25) is 0 Å². The molecular weight excluding hydrogens is 357 g/mol. The van der Waals surface area contributed by atoms with Crippen molar-refractivity contribution in [3.8, 4) is 5.75 Å². The number of carboxylic acid groups (broad SMARTS) is 1. The zero-order valence-corrected chi connectivity index (χ0v) is 15.8. The Balaban J connectivity index is 0.00000117. The number of aliphatic carboxylic acids is 1. The van der Waals surface area contributed by atoms with Crippen LogP contribution in [0.15, 0.2) is 29.6 Å². The fourth-order valence-corrected chi connectivity index (χ4v) is 3.47. The quantitative estimate of drug-likeness (QED) is 0.727. The third-order valence-corrected chi connectivity index (χ3v) is 4.74. The van der Waals surface area contributed by atoms with Crippen molar-refractivity contribution in [2.45, 2.75) is 27.2 Å². The second-order valence-corrected chi connectivity index (χ2v) is 6.18. The highest BCUT2D eigenvalue weighted by molar-refractivity contribution is 7.12. The van der Waals surface area contributed by atoms with Crippen LogP contribution in [0.5, 0.6) is 5.75 Å². The van der Waals surface area contributed by atoms with Crippen molar-refractivity contribution in [3.05, 3.63) is 51.6 Å². The number of thiophene rings is 1. The van der Waals surface area contributed by atoms with E-state index in [9.17, 15) is 14.0 Å². The molecule has 3 rings (SSSR count). The predicted molar refractivity (Wildman–Crippen MR) is 99.9 cm³/mol. The Bertz CT molecular complexity index is 945. The lowest BCUT2D eigenvalue weighted by Crippen LogP contribution is -2.12. The number of hydrogen-bond donors (Lipinski definition) is 1. The summed E-state index contributed by atoms with van der Waals surface area (Å²) in [6, 6.07) is 6.43. The van der Waals surface area contributed by atoms with Gasteiger partial charge in [-0.2, -0.15) is 0 Å². The van der Waals surface area contributed by atoms with Crippen LogP contribution in [-0.2, 0) is 11.2 Å². The van der Waals surface area contributed by atoms with Crippen molar-refractivity contribution in [1.29, 1.82) is 0 Å². The number of carbonyl (C=O) groups excluding carboxylic acids is 1. The van der Waals surface area contributed by atoms with E-state index in [1.54, 1.807) is 30.5 Å². The molecule has 0 aliphatic rings. The maximum Gasteiger partial charge on any atom is 0.307 e. The number of aromatic nitrogens is 1. The second-order valence-electron chi connectivity index (χ2n) is 5.23. The molecule has 5 nitrogen and oxygen atoms in total. The maximum absolute atomic E-state index is 14.7. The van der Waals surface area contributed by atoms with E-state index in [-0.39, 0.29) is 29.0 Å². The van der Waals surface area contributed by atoms with Gasteiger partial charge in [-0.3, -0.25) is 14.2 Å². The van der Waals surface area contributed by atoms with Gasteiger partial charge in [0.1, 0.15) is 0 Å². The molecule has 7 heteroatoms. The summed E-state index contributed by atoms with van der Waals surface area (Å²) in [6.45, 7) is 5.62. The first-order chi connectivity index (χ1) is 12.5. The predicted octanol–water partition coefficient (Wildman–Crippen LogP) is 4.50. The lowest BCUT2D eigenvalue weighted by Gasteiger charge is -2.06. The first kappa shape index (κ1) is 19.7. The van der Waals surface area contributed by atoms with Crippen molar-refractivity contribution < 1.29 is 23.8 Å². The molecule has 0 fully saturated rings. The number of hydrogen-bond acceptors (Lipinski definition) is 4. The van der Waals surface area contributed by atoms with Crippen molar-refractivity contribution in [2.75, 3.05) is 7.11 Å². The van der Waals surface area contributed by atoms with E-state index in [0.717, 1.165) is 0 Å². The summed E-state index contributed by atoms with van der Waals surface area (Å²) in [4.78, 5) is 24.5. The van der Waals surface area contributed by atoms with Crippen LogP contribution in [0.1, 0.15) is 34.8 Å². The number of carbonyl (C=O) groups is 2. The molecule has 0 bridgehead atoms. The van der Waals surface area contributed by atoms with Crippen LogP contribution in [0, 0.1) is 12.7 Å². The minimum atomic E-state index is -1.09. The number of halogens is 1. The Morgan fingerprint density at radius 2 is 1.96 bits per heavy atom. The molecule has 0 unspecified atom stereocenters. The summed E-state index contributed by atoms with van der Waals surface area (Å²) in [5.74, 6) is -2.06. The third kappa shape index (κ3) is 3.35. The van der Waals surface area contributed by atoms with Gasteiger partial charge in [0.25, 0.3) is 5.91 Å². The number of ether oxygens (including phenoxy) is 1. The van der Waals surface area contributed by atoms with Gasteiger partial charge in [0.15, 0.2) is 11.6 Å². The number of methoxy groups -OCH3 is 1. The van der Waals surface area contributed by atoms with Crippen LogP contribution < -0.4 is 4.74 Å². The molecule has 0 saturated carbocycles. The first-order valence-electron chi connectivity index (χ1n) is 8.12. The van der Waals surface area contributed by atoms with Gasteiger partial charge in [-0.15, -0.1) is 11.3 Å². The monoisotopic (exact) mass is 377 g/mol. The largest absolute Gasteiger partial charge is 0.494 e. The molecule has 138 valence electrons. The fourth-order valence-electron chi connectivity index (χ4n) is 2.81. The number of benzene rings is 1. The van der Waals surface area contributed by atoms with Gasteiger partial charge in [0, 0.05) is 11.1 Å². The van der Waals surface area contributed by atoms with Crippen LogP contribution in [0.2, 0.25) is 0 Å². The topological polar surface area (TPSA) is 68.5 Å². The first-order valence-corrected chi connectivity index (χ1v) is 9.00. The van der Waals surface area contributed by atoms with Crippen LogP contribution in [0.25, 0.3) is 10.9 Å². The van der Waals surface area contributed by atoms with Gasteiger partial charge in [-0.1, -0.05) is 19.9 Å². The third-order valence-electron chi connectivity index (χ3n) is 3.88. The number of nitrogens with zero attached hydrogens (tertiary/aromatic N) is 1. The van der Waals surface area contributed by atoms with Gasteiger partial charge >= 0.3 is 5.97 Å². The minimum absolute atomic E-state index is 0.00913. The molecule has 1 aromatic carbocycles. The lowest BCUT2D eigenvalue weighted by atomic mass is 10.1. The molecule has 0 aliphatic carbocycles. The van der Waals surface area contributed by atoms with E-state index in [1.807, 2.05) is 13.8 Å². The normalized spacial score (nSPS) is 10.3. The van der Waals surface area contributed by atoms with Crippen molar-refractivity contribution in [1.82, 2.24) is 4.57 Å². The summed E-state index contributed by atoms with van der Waals surface area (Å²) < 4.78 is 21.1. The molecule has 0 atom stereocenters. The Morgan fingerprint density at radius 1 is 1.27 bits per heavy atom. The van der Waals surface area contributed by atoms with E-state index < -0.39 is 11.8 Å². The number of fused-ring (bicyclic) bond motifs is 1. The van der Waals surface area contributed by atoms with Crippen molar-refractivity contribution in [3.63, 3.8) is 0 Å². The summed E-state index contributed by atoms with van der Waals surface area (Å²) in [5.41, 5.74) is 1.03. The molecule has 0 amide bonds. The molecule has 1 N–H and O–H groups in total. The molecule has 0 aliphatic heterocycles. The van der Waals surface area contributed by atoms with E-state index in [2.05, 4.69) is 0 Å². The van der Waals surface area contributed by atoms with E-state index in [4.69, 9.17) is 9.84 Å². The molecule has 3 aromatic rings. The molecule has 2 heterocycles. The van der Waals surface area contributed by atoms with Crippen molar-refractivity contribution >= 4 is 34.1 Å². The Kier molecular flexibility index (Phi) is 6.15. The smallest absolute Gasteiger partial charge is 0.307 e. The summed E-state index contributed by atoms with van der Waals surface area (Å²) in [6.07, 6.45) is -0.378. The second kappa shape index (κ2) is 8.14. The van der Waals surface area contributed by atoms with Gasteiger partial charge in [-0.05, 0) is 36.1 Å². The zero-order chi connectivity index (χ0) is 19.4. The molecule has 26 heavy (non-hydrogen) atoms. The molecule has 2 aromatic heterocycles. The van der Waals surface area contributed by atoms with Gasteiger partial charge in [-0.25, -0.2) is 4.39 Å². The highest BCUT2D eigenvalue weighted by atomic mass is 32.1. The van der Waals surface area contributed by atoms with E-state index in [0.29, 0.717) is 16.1 Å². The lowest BCUT2D eigenvalue weighted by molar-refractivity contribution is -0.136. The standard InChI is InChI=1S/C17H14FNO4S.C2H6/c1-9-10(8-14(20)21)15-11(5-6-12(23-2)16(15)18)19(9)17(22)13-4-3-7-24-13;1-2/h3-7H,8H2,1-2H3,(H,20,21);1-2H3. The summed E-state index contributed by atoms with van der Waals surface area (Å²) in [5, 5.41) is 11.0. The Labute approximate surface area is 154 Å². The Morgan fingerprint density at radius 3 is 2.50 bits per heavy atom. The molecule has 0 saturated heterocycles. The van der Waals surface area contributed by atoms with Crippen LogP contribution in [0.4, 0.5) is 4.39 Å². The van der Waals surface area contributed by atoms with Crippen LogP contribution in [-0.4, -0.2) is 28.7 Å². The SMILES string of the molecule is CC.COc1ccc2c(c1F)c(CC(=O)O)c(C)n2C(=O)c1cccs1. The van der Waals surface area contributed by atoms with E-state index in [1.165, 1.54) is 29.1 Å². The highest BCUT2D eigenvalue weighted by Crippen LogP contribution is 2.34. The number of rotatable bonds is 4. The average molecular weight is 377 g/mol. The summed E-state index contributed by atoms with van der Waals surface area (Å²) >= 11 is 1.27. The number of carboxylic acids is 1. The molecular formula is C19H20FNO4S. The van der Waals surface area contributed by atoms with Crippen LogP contribution >= 0.6 is 11.3 Å². The zero-order valence-electron chi connectivity index (χ0n) is 15.0. The van der Waals surface area contributed by atoms with Crippen LogP contribution in [0.3, 0.4) is 0 Å².